The van der Waals surface area contributed by atoms with Crippen LogP contribution in [0.15, 0.2) is 24.3 Å². The first-order chi connectivity index (χ1) is 12.4. The SMILES string of the molecule is Cc1cc(NC(=O)c2ccc(F)cc2Cl)sc1C(=O)N1CCCC1CN.Cl. The van der Waals surface area contributed by atoms with Crippen LogP contribution >= 0.6 is 35.3 Å². The standard InChI is InChI=1S/C18H19ClFN3O2S.ClH/c1-10-7-15(22-17(24)13-5-4-11(20)8-14(13)19)26-16(10)18(25)23-6-2-3-12(23)9-21;/h4-5,7-8,12H,2-3,6,9,21H2,1H3,(H,22,24);1H. The van der Waals surface area contributed by atoms with Crippen molar-refractivity contribution in [2.24, 2.45) is 5.73 Å². The molecule has 0 radical (unpaired) electrons. The minimum Gasteiger partial charge on any atom is -0.334 e. The van der Waals surface area contributed by atoms with Crippen molar-refractivity contribution < 1.29 is 14.0 Å². The molecule has 2 amide bonds. The van der Waals surface area contributed by atoms with Gasteiger partial charge in [0.15, 0.2) is 0 Å². The molecule has 1 unspecified atom stereocenters. The summed E-state index contributed by atoms with van der Waals surface area (Å²) in [6.45, 7) is 2.98. The maximum absolute atomic E-state index is 13.1. The van der Waals surface area contributed by atoms with E-state index in [0.29, 0.717) is 23.0 Å². The van der Waals surface area contributed by atoms with Gasteiger partial charge in [-0.05, 0) is 49.6 Å². The predicted molar refractivity (Wildman–Crippen MR) is 109 cm³/mol. The van der Waals surface area contributed by atoms with Crippen molar-refractivity contribution in [3.05, 3.63) is 51.1 Å². The van der Waals surface area contributed by atoms with Crippen LogP contribution in [0.25, 0.3) is 0 Å². The molecule has 2 aromatic rings. The summed E-state index contributed by atoms with van der Waals surface area (Å²) in [4.78, 5) is 27.6. The normalized spacial score (nSPS) is 16.1. The molecule has 1 aromatic heterocycles. The van der Waals surface area contributed by atoms with Crippen molar-refractivity contribution >= 4 is 52.2 Å². The van der Waals surface area contributed by atoms with Gasteiger partial charge < -0.3 is 16.0 Å². The number of hydrogen-bond donors (Lipinski definition) is 2. The third kappa shape index (κ3) is 4.60. The number of nitrogens with two attached hydrogens (primary N) is 1. The Hall–Kier alpha value is -1.67. The van der Waals surface area contributed by atoms with Crippen molar-refractivity contribution in [3.8, 4) is 0 Å². The summed E-state index contributed by atoms with van der Waals surface area (Å²) in [6.07, 6.45) is 1.87. The summed E-state index contributed by atoms with van der Waals surface area (Å²) in [6, 6.07) is 5.41. The first-order valence-corrected chi connectivity index (χ1v) is 9.48. The fourth-order valence-corrected chi connectivity index (χ4v) is 4.36. The van der Waals surface area contributed by atoms with E-state index in [1.165, 1.54) is 23.5 Å². The number of benzene rings is 1. The second-order valence-electron chi connectivity index (χ2n) is 6.23. The second kappa shape index (κ2) is 9.01. The number of hydrogen-bond acceptors (Lipinski definition) is 4. The summed E-state index contributed by atoms with van der Waals surface area (Å²) in [5, 5.41) is 3.31. The van der Waals surface area contributed by atoms with Gasteiger partial charge >= 0.3 is 0 Å². The topological polar surface area (TPSA) is 75.4 Å². The fraction of sp³-hybridized carbons (Fsp3) is 0.333. The van der Waals surface area contributed by atoms with Crippen LogP contribution in [0.2, 0.25) is 5.02 Å². The van der Waals surface area contributed by atoms with Crippen LogP contribution in [0.1, 0.15) is 38.4 Å². The van der Waals surface area contributed by atoms with E-state index < -0.39 is 11.7 Å². The Kier molecular flexibility index (Phi) is 7.22. The number of thiophene rings is 1. The zero-order valence-corrected chi connectivity index (χ0v) is 17.0. The average molecular weight is 432 g/mol. The van der Waals surface area contributed by atoms with Gasteiger partial charge in [0.2, 0.25) is 0 Å². The summed E-state index contributed by atoms with van der Waals surface area (Å²) in [5.74, 6) is -1.01. The van der Waals surface area contributed by atoms with E-state index in [9.17, 15) is 14.0 Å². The van der Waals surface area contributed by atoms with E-state index in [1.807, 2.05) is 6.92 Å². The van der Waals surface area contributed by atoms with Gasteiger partial charge in [0.05, 0.1) is 20.5 Å². The van der Waals surface area contributed by atoms with Gasteiger partial charge in [-0.2, -0.15) is 0 Å². The van der Waals surface area contributed by atoms with Crippen LogP contribution in [-0.2, 0) is 0 Å². The van der Waals surface area contributed by atoms with E-state index in [2.05, 4.69) is 5.32 Å². The van der Waals surface area contributed by atoms with Gasteiger partial charge in [-0.3, -0.25) is 9.59 Å². The number of halogens is 3. The van der Waals surface area contributed by atoms with Crippen LogP contribution in [-0.4, -0.2) is 35.8 Å². The van der Waals surface area contributed by atoms with E-state index in [0.717, 1.165) is 24.5 Å². The molecule has 0 saturated carbocycles. The van der Waals surface area contributed by atoms with Crippen LogP contribution < -0.4 is 11.1 Å². The van der Waals surface area contributed by atoms with E-state index in [4.69, 9.17) is 17.3 Å². The van der Waals surface area contributed by atoms with Crippen molar-refractivity contribution in [1.82, 2.24) is 4.90 Å². The second-order valence-corrected chi connectivity index (χ2v) is 7.69. The van der Waals surface area contributed by atoms with E-state index in [-0.39, 0.29) is 34.9 Å². The third-order valence-corrected chi connectivity index (χ3v) is 5.89. The zero-order chi connectivity index (χ0) is 18.8. The largest absolute Gasteiger partial charge is 0.334 e. The first kappa shape index (κ1) is 21.6. The molecule has 27 heavy (non-hydrogen) atoms. The first-order valence-electron chi connectivity index (χ1n) is 8.28. The lowest BCUT2D eigenvalue weighted by molar-refractivity contribution is 0.0745. The summed E-state index contributed by atoms with van der Waals surface area (Å²) < 4.78 is 13.1. The lowest BCUT2D eigenvalue weighted by Gasteiger charge is -2.23. The Labute approximate surface area is 172 Å². The lowest BCUT2D eigenvalue weighted by atomic mass is 10.2. The Bertz CT molecular complexity index is 859. The highest BCUT2D eigenvalue weighted by Gasteiger charge is 2.30. The number of nitrogens with one attached hydrogen (secondary N) is 1. The third-order valence-electron chi connectivity index (χ3n) is 4.43. The van der Waals surface area contributed by atoms with Crippen molar-refractivity contribution in [3.63, 3.8) is 0 Å². The van der Waals surface area contributed by atoms with Crippen molar-refractivity contribution in [1.29, 1.82) is 0 Å². The lowest BCUT2D eigenvalue weighted by Crippen LogP contribution is -2.39. The van der Waals surface area contributed by atoms with Gasteiger partial charge in [-0.25, -0.2) is 4.39 Å². The van der Waals surface area contributed by atoms with Crippen molar-refractivity contribution in [2.45, 2.75) is 25.8 Å². The average Bonchev–Trinajstić information content (AvgIpc) is 3.20. The zero-order valence-electron chi connectivity index (χ0n) is 14.6. The van der Waals surface area contributed by atoms with Crippen LogP contribution in [0.4, 0.5) is 9.39 Å². The number of nitrogens with zero attached hydrogens (tertiary/aromatic N) is 1. The monoisotopic (exact) mass is 431 g/mol. The molecular formula is C18H20Cl2FN3O2S. The molecular weight excluding hydrogens is 412 g/mol. The molecule has 9 heteroatoms. The molecule has 0 spiro atoms. The van der Waals surface area contributed by atoms with Crippen LogP contribution in [0, 0.1) is 12.7 Å². The smallest absolute Gasteiger partial charge is 0.264 e. The molecule has 1 saturated heterocycles. The van der Waals surface area contributed by atoms with Gasteiger partial charge in [0.1, 0.15) is 5.82 Å². The van der Waals surface area contributed by atoms with Gasteiger partial charge in [0.25, 0.3) is 11.8 Å². The Morgan fingerprint density at radius 3 is 2.81 bits per heavy atom. The Morgan fingerprint density at radius 2 is 2.15 bits per heavy atom. The fourth-order valence-electron chi connectivity index (χ4n) is 3.09. The molecule has 1 aliphatic rings. The molecule has 2 heterocycles. The van der Waals surface area contributed by atoms with Crippen LogP contribution in [0.5, 0.6) is 0 Å². The van der Waals surface area contributed by atoms with Gasteiger partial charge in [-0.1, -0.05) is 11.6 Å². The number of likely N-dealkylation sites (tertiary alicyclic amines) is 1. The highest BCUT2D eigenvalue weighted by molar-refractivity contribution is 7.18. The Balaban J connectivity index is 0.00000261. The molecule has 1 atom stereocenters. The molecule has 3 N–H and O–H groups in total. The van der Waals surface area contributed by atoms with Crippen LogP contribution in [0.3, 0.4) is 0 Å². The molecule has 1 fully saturated rings. The highest BCUT2D eigenvalue weighted by atomic mass is 35.5. The number of rotatable bonds is 4. The van der Waals surface area contributed by atoms with E-state index >= 15 is 0 Å². The summed E-state index contributed by atoms with van der Waals surface area (Å²) >= 11 is 7.14. The maximum atomic E-state index is 13.1. The number of carbonyl (C=O) groups is 2. The Morgan fingerprint density at radius 1 is 1.41 bits per heavy atom. The van der Waals surface area contributed by atoms with Crippen molar-refractivity contribution in [2.75, 3.05) is 18.4 Å². The molecule has 1 aliphatic heterocycles. The number of amides is 2. The molecule has 3 rings (SSSR count). The summed E-state index contributed by atoms with van der Waals surface area (Å²) in [7, 11) is 0. The predicted octanol–water partition coefficient (Wildman–Crippen LogP) is 4.09. The van der Waals surface area contributed by atoms with Gasteiger partial charge in [-0.15, -0.1) is 23.7 Å². The minimum atomic E-state index is -0.508. The molecule has 146 valence electrons. The number of carbonyl (C=O) groups excluding carboxylic acids is 2. The maximum Gasteiger partial charge on any atom is 0.264 e. The minimum absolute atomic E-state index is 0. The van der Waals surface area contributed by atoms with E-state index in [1.54, 1.807) is 11.0 Å². The number of aryl methyl sites for hydroxylation is 1. The quantitative estimate of drug-likeness (QED) is 0.765. The highest BCUT2D eigenvalue weighted by Crippen LogP contribution is 2.31. The molecule has 0 bridgehead atoms. The number of anilines is 1. The summed E-state index contributed by atoms with van der Waals surface area (Å²) in [5.41, 5.74) is 6.72. The molecule has 0 aliphatic carbocycles. The van der Waals surface area contributed by atoms with Gasteiger partial charge in [0, 0.05) is 19.1 Å². The molecule has 1 aromatic carbocycles. The molecule has 5 nitrogen and oxygen atoms in total.